The Morgan fingerprint density at radius 2 is 2.00 bits per heavy atom. The van der Waals surface area contributed by atoms with E-state index < -0.39 is 5.60 Å². The van der Waals surface area contributed by atoms with E-state index in [1.807, 2.05) is 45.1 Å². The van der Waals surface area contributed by atoms with E-state index in [2.05, 4.69) is 0 Å². The first-order valence-electron chi connectivity index (χ1n) is 4.79. The van der Waals surface area contributed by atoms with E-state index in [1.165, 1.54) is 11.3 Å². The Balaban J connectivity index is 2.87. The quantitative estimate of drug-likeness (QED) is 0.728. The van der Waals surface area contributed by atoms with Crippen LogP contribution in [0.3, 0.4) is 0 Å². The molecule has 0 amide bonds. The first-order chi connectivity index (χ1) is 6.81. The molecule has 15 heavy (non-hydrogen) atoms. The first kappa shape index (κ1) is 12.0. The van der Waals surface area contributed by atoms with Crippen molar-refractivity contribution in [3.05, 3.63) is 17.0 Å². The molecule has 0 saturated heterocycles. The molecule has 0 aromatic carbocycles. The zero-order valence-electron chi connectivity index (χ0n) is 9.83. The molecule has 0 bridgehead atoms. The maximum Gasteiger partial charge on any atom is 0.341 e. The highest BCUT2D eigenvalue weighted by atomic mass is 32.1. The van der Waals surface area contributed by atoms with Crippen molar-refractivity contribution in [2.45, 2.75) is 26.4 Å². The fraction of sp³-hybridized carbons (Fsp3) is 0.545. The van der Waals surface area contributed by atoms with Crippen LogP contribution in [-0.4, -0.2) is 25.7 Å². The van der Waals surface area contributed by atoms with E-state index in [9.17, 15) is 4.79 Å². The summed E-state index contributed by atoms with van der Waals surface area (Å²) in [6.07, 6.45) is 0. The number of hydrogen-bond acceptors (Lipinski definition) is 4. The third-order valence-electron chi connectivity index (χ3n) is 1.67. The van der Waals surface area contributed by atoms with E-state index in [0.717, 1.165) is 5.00 Å². The van der Waals surface area contributed by atoms with Crippen molar-refractivity contribution in [3.8, 4) is 0 Å². The number of anilines is 1. The standard InChI is InChI=1S/C11H17NO2S/c1-11(2,3)14-10(13)8-6-7-15-9(8)12(4)5/h6-7H,1-5H3. The lowest BCUT2D eigenvalue weighted by Gasteiger charge is -2.20. The Labute approximate surface area is 94.7 Å². The molecule has 84 valence electrons. The molecule has 0 saturated carbocycles. The molecule has 1 aromatic rings. The fourth-order valence-electron chi connectivity index (χ4n) is 1.14. The molecular weight excluding hydrogens is 210 g/mol. The van der Waals surface area contributed by atoms with Gasteiger partial charge in [0.05, 0.1) is 5.56 Å². The molecule has 0 spiro atoms. The summed E-state index contributed by atoms with van der Waals surface area (Å²) in [5, 5.41) is 2.83. The second-order valence-electron chi connectivity index (χ2n) is 4.54. The van der Waals surface area contributed by atoms with Crippen LogP contribution in [0.5, 0.6) is 0 Å². The molecule has 1 aromatic heterocycles. The van der Waals surface area contributed by atoms with Crippen LogP contribution in [0.25, 0.3) is 0 Å². The number of rotatable bonds is 2. The summed E-state index contributed by atoms with van der Waals surface area (Å²) in [7, 11) is 3.83. The van der Waals surface area contributed by atoms with E-state index in [4.69, 9.17) is 4.74 Å². The van der Waals surface area contributed by atoms with E-state index in [0.29, 0.717) is 5.56 Å². The monoisotopic (exact) mass is 227 g/mol. The van der Waals surface area contributed by atoms with Crippen LogP contribution in [0.1, 0.15) is 31.1 Å². The lowest BCUT2D eigenvalue weighted by Crippen LogP contribution is -2.24. The Bertz CT molecular complexity index is 350. The van der Waals surface area contributed by atoms with Gasteiger partial charge in [-0.3, -0.25) is 0 Å². The average molecular weight is 227 g/mol. The highest BCUT2D eigenvalue weighted by Gasteiger charge is 2.21. The van der Waals surface area contributed by atoms with E-state index >= 15 is 0 Å². The zero-order valence-corrected chi connectivity index (χ0v) is 10.6. The summed E-state index contributed by atoms with van der Waals surface area (Å²) in [4.78, 5) is 13.7. The van der Waals surface area contributed by atoms with Gasteiger partial charge in [0.15, 0.2) is 0 Å². The SMILES string of the molecule is CN(C)c1sccc1C(=O)OC(C)(C)C. The zero-order chi connectivity index (χ0) is 11.6. The van der Waals surface area contributed by atoms with Crippen LogP contribution < -0.4 is 4.90 Å². The van der Waals surface area contributed by atoms with Crippen molar-refractivity contribution < 1.29 is 9.53 Å². The van der Waals surface area contributed by atoms with E-state index in [-0.39, 0.29) is 5.97 Å². The van der Waals surface area contributed by atoms with Crippen LogP contribution in [0.4, 0.5) is 5.00 Å². The van der Waals surface area contributed by atoms with Gasteiger partial charge in [-0.15, -0.1) is 11.3 Å². The first-order valence-corrected chi connectivity index (χ1v) is 5.67. The Kier molecular flexibility index (Phi) is 3.39. The molecule has 4 heteroatoms. The van der Waals surface area contributed by atoms with Crippen LogP contribution in [0, 0.1) is 0 Å². The van der Waals surface area contributed by atoms with E-state index in [1.54, 1.807) is 6.07 Å². The van der Waals surface area contributed by atoms with Gasteiger partial charge in [0.2, 0.25) is 0 Å². The molecule has 0 radical (unpaired) electrons. The summed E-state index contributed by atoms with van der Waals surface area (Å²) in [6, 6.07) is 1.80. The minimum atomic E-state index is -0.442. The molecule has 1 rings (SSSR count). The van der Waals surface area contributed by atoms with Gasteiger partial charge in [0.1, 0.15) is 10.6 Å². The Morgan fingerprint density at radius 1 is 1.40 bits per heavy atom. The number of thiophene rings is 1. The van der Waals surface area contributed by atoms with Crippen LogP contribution in [0.15, 0.2) is 11.4 Å². The Hall–Kier alpha value is -1.03. The summed E-state index contributed by atoms with van der Waals surface area (Å²) < 4.78 is 5.31. The van der Waals surface area contributed by atoms with Crippen molar-refractivity contribution in [2.75, 3.05) is 19.0 Å². The topological polar surface area (TPSA) is 29.5 Å². The molecule has 0 unspecified atom stereocenters. The van der Waals surface area contributed by atoms with Gasteiger partial charge in [-0.1, -0.05) is 0 Å². The normalized spacial score (nSPS) is 11.3. The van der Waals surface area contributed by atoms with Crippen molar-refractivity contribution >= 4 is 22.3 Å². The molecule has 0 fully saturated rings. The van der Waals surface area contributed by atoms with Gasteiger partial charge in [0.25, 0.3) is 0 Å². The van der Waals surface area contributed by atoms with Crippen molar-refractivity contribution in [2.24, 2.45) is 0 Å². The van der Waals surface area contributed by atoms with Crippen molar-refractivity contribution in [3.63, 3.8) is 0 Å². The number of carbonyl (C=O) groups is 1. The van der Waals surface area contributed by atoms with Gasteiger partial charge >= 0.3 is 5.97 Å². The fourth-order valence-corrected chi connectivity index (χ4v) is 1.96. The molecule has 1 heterocycles. The minimum absolute atomic E-state index is 0.257. The highest BCUT2D eigenvalue weighted by molar-refractivity contribution is 7.14. The van der Waals surface area contributed by atoms with Crippen LogP contribution in [-0.2, 0) is 4.74 Å². The molecule has 0 atom stereocenters. The third-order valence-corrected chi connectivity index (χ3v) is 2.75. The van der Waals surface area contributed by atoms with Gasteiger partial charge in [-0.2, -0.15) is 0 Å². The molecule has 0 aliphatic heterocycles. The maximum absolute atomic E-state index is 11.8. The smallest absolute Gasteiger partial charge is 0.341 e. The number of carbonyl (C=O) groups excluding carboxylic acids is 1. The lowest BCUT2D eigenvalue weighted by atomic mass is 10.2. The van der Waals surface area contributed by atoms with Gasteiger partial charge in [-0.25, -0.2) is 4.79 Å². The summed E-state index contributed by atoms with van der Waals surface area (Å²) >= 11 is 1.54. The number of ether oxygens (including phenoxy) is 1. The number of hydrogen-bond donors (Lipinski definition) is 0. The summed E-state index contributed by atoms with van der Waals surface area (Å²) in [5.74, 6) is -0.257. The molecule has 0 aliphatic rings. The van der Waals surface area contributed by atoms with Crippen LogP contribution in [0.2, 0.25) is 0 Å². The molecular formula is C11H17NO2S. The predicted molar refractivity (Wildman–Crippen MR) is 63.8 cm³/mol. The third kappa shape index (κ3) is 3.23. The predicted octanol–water partition coefficient (Wildman–Crippen LogP) is 2.77. The van der Waals surface area contributed by atoms with Crippen molar-refractivity contribution in [1.82, 2.24) is 0 Å². The molecule has 3 nitrogen and oxygen atoms in total. The maximum atomic E-state index is 11.8. The number of esters is 1. The average Bonchev–Trinajstić information content (AvgIpc) is 2.47. The number of nitrogens with zero attached hydrogens (tertiary/aromatic N) is 1. The van der Waals surface area contributed by atoms with Gasteiger partial charge in [-0.05, 0) is 32.2 Å². The second-order valence-corrected chi connectivity index (χ2v) is 5.43. The van der Waals surface area contributed by atoms with Crippen molar-refractivity contribution in [1.29, 1.82) is 0 Å². The largest absolute Gasteiger partial charge is 0.456 e. The molecule has 0 aliphatic carbocycles. The lowest BCUT2D eigenvalue weighted by molar-refractivity contribution is 0.00709. The summed E-state index contributed by atoms with van der Waals surface area (Å²) in [5.41, 5.74) is 0.197. The highest BCUT2D eigenvalue weighted by Crippen LogP contribution is 2.27. The van der Waals surface area contributed by atoms with Crippen LogP contribution >= 0.6 is 11.3 Å². The molecule has 0 N–H and O–H groups in total. The Morgan fingerprint density at radius 3 is 2.47 bits per heavy atom. The minimum Gasteiger partial charge on any atom is -0.456 e. The van der Waals surface area contributed by atoms with Gasteiger partial charge in [0, 0.05) is 14.1 Å². The summed E-state index contributed by atoms with van der Waals surface area (Å²) in [6.45, 7) is 5.60. The van der Waals surface area contributed by atoms with Gasteiger partial charge < -0.3 is 9.64 Å². The second kappa shape index (κ2) is 4.23.